The largest absolute Gasteiger partial charge is 0.458 e. The molecule has 0 unspecified atom stereocenters. The maximum atomic E-state index is 6.65. The molecule has 4 aromatic rings. The van der Waals surface area contributed by atoms with Gasteiger partial charge in [0.25, 0.3) is 0 Å². The maximum absolute atomic E-state index is 6.65. The first-order valence-corrected chi connectivity index (χ1v) is 14.1. The molecule has 3 aromatic carbocycles. The lowest BCUT2D eigenvalue weighted by Gasteiger charge is -2.28. The minimum Gasteiger partial charge on any atom is -0.458 e. The first kappa shape index (κ1) is 23.2. The van der Waals surface area contributed by atoms with Crippen LogP contribution in [0.1, 0.15) is 25.0 Å². The van der Waals surface area contributed by atoms with Crippen LogP contribution in [0.15, 0.2) is 108 Å². The second-order valence-corrected chi connectivity index (χ2v) is 12.7. The average Bonchev–Trinajstić information content (AvgIpc) is 3.46. The summed E-state index contributed by atoms with van der Waals surface area (Å²) in [7, 11) is 2.11. The zero-order valence-electron chi connectivity index (χ0n) is 19.8. The Kier molecular flexibility index (Phi) is 6.13. The monoisotopic (exact) mass is 499 g/mol. The number of fused-ring (bicyclic) bond motifs is 1. The van der Waals surface area contributed by atoms with Crippen LogP contribution in [0.25, 0.3) is 0 Å². The molecule has 6 nitrogen and oxygen atoms in total. The molecule has 0 bridgehead atoms. The van der Waals surface area contributed by atoms with E-state index in [2.05, 4.69) is 83.3 Å². The van der Waals surface area contributed by atoms with Gasteiger partial charge in [-0.2, -0.15) is 5.10 Å². The standard InChI is InChI=1S/C27H26N5OPS/c1-27(2)24-11-7-8-12-25(24)31(3)26(27)18-34(35,23-9-5-4-6-10-23)33-22-15-13-21(14-16-22)17-30-32-19-28-29-20-32/h4-20H,1-3H3/b26-18?,30-17-/t34-/m1/s1. The van der Waals surface area contributed by atoms with Crippen LogP contribution in [-0.4, -0.2) is 28.1 Å². The normalized spacial score (nSPS) is 17.5. The van der Waals surface area contributed by atoms with Crippen LogP contribution in [0.2, 0.25) is 0 Å². The number of benzene rings is 3. The van der Waals surface area contributed by atoms with E-state index in [1.807, 2.05) is 42.5 Å². The van der Waals surface area contributed by atoms with Crippen molar-refractivity contribution < 1.29 is 4.52 Å². The van der Waals surface area contributed by atoms with Crippen LogP contribution in [0.4, 0.5) is 5.69 Å². The first-order chi connectivity index (χ1) is 16.9. The van der Waals surface area contributed by atoms with Crippen molar-refractivity contribution in [2.75, 3.05) is 11.9 Å². The molecule has 1 aromatic heterocycles. The SMILES string of the molecule is CN1C(=C[P@](=S)(Oc2ccc(/C=N\n3cnnc3)cc2)c2ccccc2)C(C)(C)c2ccccc21. The second kappa shape index (κ2) is 9.25. The number of nitrogens with zero attached hydrogens (tertiary/aromatic N) is 5. The lowest BCUT2D eigenvalue weighted by atomic mass is 9.84. The van der Waals surface area contributed by atoms with Gasteiger partial charge in [-0.15, -0.1) is 10.2 Å². The van der Waals surface area contributed by atoms with E-state index >= 15 is 0 Å². The number of aromatic nitrogens is 3. The molecule has 0 amide bonds. The van der Waals surface area contributed by atoms with E-state index in [1.54, 1.807) is 10.9 Å². The highest BCUT2D eigenvalue weighted by atomic mass is 32.4. The van der Waals surface area contributed by atoms with E-state index in [0.717, 1.165) is 22.3 Å². The summed E-state index contributed by atoms with van der Waals surface area (Å²) in [4.78, 5) is 2.24. The summed E-state index contributed by atoms with van der Waals surface area (Å²) in [6.45, 7) is 4.49. The van der Waals surface area contributed by atoms with Crippen LogP contribution in [0.5, 0.6) is 5.75 Å². The highest BCUT2D eigenvalue weighted by Gasteiger charge is 2.40. The summed E-state index contributed by atoms with van der Waals surface area (Å²) in [6.07, 6.45) is 2.24. The average molecular weight is 500 g/mol. The molecule has 1 aliphatic heterocycles. The van der Waals surface area contributed by atoms with Crippen molar-refractivity contribution in [2.45, 2.75) is 19.3 Å². The van der Waals surface area contributed by atoms with Gasteiger partial charge in [-0.1, -0.05) is 62.4 Å². The van der Waals surface area contributed by atoms with Gasteiger partial charge in [0.05, 0.1) is 6.21 Å². The first-order valence-electron chi connectivity index (χ1n) is 11.3. The number of hydrogen-bond acceptors (Lipinski definition) is 6. The Bertz CT molecular complexity index is 1430. The van der Waals surface area contributed by atoms with Gasteiger partial charge in [0.2, 0.25) is 0 Å². The van der Waals surface area contributed by atoms with Crippen LogP contribution < -0.4 is 14.7 Å². The predicted octanol–water partition coefficient (Wildman–Crippen LogP) is 5.53. The molecule has 1 aliphatic rings. The maximum Gasteiger partial charge on any atom is 0.166 e. The Balaban J connectivity index is 1.50. The van der Waals surface area contributed by atoms with Crippen LogP contribution in [-0.2, 0) is 17.2 Å². The third-order valence-corrected chi connectivity index (χ3v) is 9.47. The van der Waals surface area contributed by atoms with E-state index in [0.29, 0.717) is 0 Å². The van der Waals surface area contributed by atoms with Crippen LogP contribution >= 0.6 is 6.26 Å². The van der Waals surface area contributed by atoms with Gasteiger partial charge >= 0.3 is 0 Å². The van der Waals surface area contributed by atoms with Crippen molar-refractivity contribution in [1.82, 2.24) is 14.9 Å². The lowest BCUT2D eigenvalue weighted by molar-refractivity contribution is 0.619. The Labute approximate surface area is 210 Å². The molecular formula is C27H26N5OPS. The van der Waals surface area contributed by atoms with E-state index < -0.39 is 6.26 Å². The molecule has 176 valence electrons. The summed E-state index contributed by atoms with van der Waals surface area (Å²) < 4.78 is 8.19. The van der Waals surface area contributed by atoms with E-state index in [-0.39, 0.29) is 5.41 Å². The van der Waals surface area contributed by atoms with Crippen molar-refractivity contribution in [2.24, 2.45) is 5.10 Å². The third kappa shape index (κ3) is 4.57. The van der Waals surface area contributed by atoms with Gasteiger partial charge in [-0.05, 0) is 53.3 Å². The Morgan fingerprint density at radius 1 is 0.914 bits per heavy atom. The van der Waals surface area contributed by atoms with Crippen molar-refractivity contribution in [3.05, 3.63) is 114 Å². The van der Waals surface area contributed by atoms with Crippen molar-refractivity contribution in [3.63, 3.8) is 0 Å². The number of allylic oxidation sites excluding steroid dienone is 1. The summed E-state index contributed by atoms with van der Waals surface area (Å²) in [5, 5.41) is 12.8. The van der Waals surface area contributed by atoms with Gasteiger partial charge in [-0.3, -0.25) is 0 Å². The van der Waals surface area contributed by atoms with Crippen molar-refractivity contribution in [3.8, 4) is 5.75 Å². The minimum absolute atomic E-state index is 0.184. The molecule has 8 heteroatoms. The Morgan fingerprint density at radius 2 is 1.57 bits per heavy atom. The topological polar surface area (TPSA) is 55.5 Å². The molecule has 0 radical (unpaired) electrons. The fraction of sp³-hybridized carbons (Fsp3) is 0.148. The summed E-state index contributed by atoms with van der Waals surface area (Å²) in [5.41, 5.74) is 4.40. The third-order valence-electron chi connectivity index (χ3n) is 6.22. The lowest BCUT2D eigenvalue weighted by Crippen LogP contribution is -2.24. The van der Waals surface area contributed by atoms with Crippen LogP contribution in [0, 0.1) is 0 Å². The number of rotatable bonds is 6. The molecule has 0 saturated carbocycles. The highest BCUT2D eigenvalue weighted by Crippen LogP contribution is 2.55. The Morgan fingerprint density at radius 3 is 2.26 bits per heavy atom. The fourth-order valence-electron chi connectivity index (χ4n) is 4.34. The van der Waals surface area contributed by atoms with E-state index in [1.165, 1.54) is 23.9 Å². The van der Waals surface area contributed by atoms with Crippen molar-refractivity contribution in [1.29, 1.82) is 0 Å². The van der Waals surface area contributed by atoms with Gasteiger partial charge in [-0.25, -0.2) is 4.68 Å². The molecule has 5 rings (SSSR count). The molecule has 0 spiro atoms. The fourth-order valence-corrected chi connectivity index (χ4v) is 7.41. The van der Waals surface area contributed by atoms with Gasteiger partial charge in [0.1, 0.15) is 18.4 Å². The van der Waals surface area contributed by atoms with Gasteiger partial charge in [0, 0.05) is 35.0 Å². The number of anilines is 1. The molecule has 0 fully saturated rings. The molecule has 0 N–H and O–H groups in total. The zero-order valence-corrected chi connectivity index (χ0v) is 21.5. The van der Waals surface area contributed by atoms with Crippen molar-refractivity contribution >= 4 is 35.3 Å². The molecule has 0 saturated heterocycles. The van der Waals surface area contributed by atoms with E-state index in [9.17, 15) is 0 Å². The second-order valence-electron chi connectivity index (χ2n) is 8.89. The minimum atomic E-state index is -2.58. The molecule has 35 heavy (non-hydrogen) atoms. The predicted molar refractivity (Wildman–Crippen MR) is 146 cm³/mol. The smallest absolute Gasteiger partial charge is 0.166 e. The molecule has 0 aliphatic carbocycles. The van der Waals surface area contributed by atoms with Crippen LogP contribution in [0.3, 0.4) is 0 Å². The quantitative estimate of drug-likeness (QED) is 0.258. The zero-order chi connectivity index (χ0) is 24.5. The summed E-state index contributed by atoms with van der Waals surface area (Å²) >= 11 is 6.33. The number of para-hydroxylation sites is 1. The summed E-state index contributed by atoms with van der Waals surface area (Å²) in [5.74, 6) is 2.92. The number of hydrogen-bond donors (Lipinski definition) is 0. The molecule has 2 heterocycles. The Hall–Kier alpha value is -3.54. The number of likely N-dealkylation sites (N-methyl/N-ethyl adjacent to an activating group) is 1. The summed E-state index contributed by atoms with van der Waals surface area (Å²) in [6, 6.07) is 26.5. The van der Waals surface area contributed by atoms with Gasteiger partial charge < -0.3 is 9.42 Å². The van der Waals surface area contributed by atoms with E-state index in [4.69, 9.17) is 16.3 Å². The molecular weight excluding hydrogens is 473 g/mol. The van der Waals surface area contributed by atoms with Gasteiger partial charge in [0.15, 0.2) is 6.26 Å². The molecule has 1 atom stereocenters. The highest BCUT2D eigenvalue weighted by molar-refractivity contribution is 8.17.